The van der Waals surface area contributed by atoms with E-state index in [0.29, 0.717) is 28.5 Å². The van der Waals surface area contributed by atoms with Crippen LogP contribution in [0.15, 0.2) is 64.3 Å². The Morgan fingerprint density at radius 3 is 2.48 bits per heavy atom. The average molecular weight is 332 g/mol. The van der Waals surface area contributed by atoms with Crippen LogP contribution >= 0.6 is 0 Å². The number of benzene rings is 2. The zero-order valence-electron chi connectivity index (χ0n) is 12.2. The van der Waals surface area contributed by atoms with Crippen molar-refractivity contribution in [2.45, 2.75) is 11.8 Å². The summed E-state index contributed by atoms with van der Waals surface area (Å²) in [5.74, 6) is 0.305. The second-order valence-corrected chi connectivity index (χ2v) is 6.46. The molecule has 0 radical (unpaired) electrons. The highest BCUT2D eigenvalue weighted by atomic mass is 32.2. The second-order valence-electron chi connectivity index (χ2n) is 4.90. The molecule has 5 nitrogen and oxygen atoms in total. The van der Waals surface area contributed by atoms with Gasteiger partial charge >= 0.3 is 0 Å². The van der Waals surface area contributed by atoms with Crippen LogP contribution in [0.4, 0.5) is 4.39 Å². The van der Waals surface area contributed by atoms with Gasteiger partial charge < -0.3 is 4.74 Å². The molecule has 0 spiro atoms. The van der Waals surface area contributed by atoms with Gasteiger partial charge in [-0.3, -0.25) is 0 Å². The standard InChI is InChI=1S/C16H13FN2O3S/c1-2-15-19-16(10-3-5-11(17)6-4-10)13-8-7-12(23(18,20)21)9-14(13)22-15/h2-9H,1H3,(H2,18,20,21)/b15-2-. The van der Waals surface area contributed by atoms with Crippen molar-refractivity contribution >= 4 is 15.7 Å². The van der Waals surface area contributed by atoms with Crippen molar-refractivity contribution in [3.63, 3.8) is 0 Å². The van der Waals surface area contributed by atoms with E-state index in [0.717, 1.165) is 0 Å². The van der Waals surface area contributed by atoms with E-state index >= 15 is 0 Å². The number of fused-ring (bicyclic) bond motifs is 1. The number of ether oxygens (including phenoxy) is 1. The molecule has 0 bridgehead atoms. The van der Waals surface area contributed by atoms with Crippen molar-refractivity contribution < 1.29 is 17.5 Å². The Kier molecular flexibility index (Phi) is 3.75. The van der Waals surface area contributed by atoms with Crippen molar-refractivity contribution in [1.29, 1.82) is 0 Å². The third-order valence-corrected chi connectivity index (χ3v) is 4.25. The Balaban J connectivity index is 2.18. The maximum atomic E-state index is 13.1. The molecular weight excluding hydrogens is 319 g/mol. The first kappa shape index (κ1) is 15.4. The molecule has 0 saturated carbocycles. The number of nitrogens with zero attached hydrogens (tertiary/aromatic N) is 1. The van der Waals surface area contributed by atoms with Crippen molar-refractivity contribution in [2.24, 2.45) is 10.1 Å². The van der Waals surface area contributed by atoms with Gasteiger partial charge in [0.05, 0.1) is 10.6 Å². The van der Waals surface area contributed by atoms with Crippen molar-refractivity contribution in [1.82, 2.24) is 0 Å². The van der Waals surface area contributed by atoms with Crippen LogP contribution in [-0.4, -0.2) is 14.1 Å². The smallest absolute Gasteiger partial charge is 0.238 e. The van der Waals surface area contributed by atoms with Gasteiger partial charge in [0.15, 0.2) is 0 Å². The van der Waals surface area contributed by atoms with Gasteiger partial charge in [0.25, 0.3) is 0 Å². The molecule has 0 aliphatic carbocycles. The first-order valence-electron chi connectivity index (χ1n) is 6.74. The quantitative estimate of drug-likeness (QED) is 0.917. The fraction of sp³-hybridized carbons (Fsp3) is 0.0625. The van der Waals surface area contributed by atoms with Crippen LogP contribution in [-0.2, 0) is 10.0 Å². The molecule has 2 N–H and O–H groups in total. The predicted octanol–water partition coefficient (Wildman–Crippen LogP) is 2.56. The lowest BCUT2D eigenvalue weighted by molar-refractivity contribution is 0.412. The zero-order valence-corrected chi connectivity index (χ0v) is 13.0. The summed E-state index contributed by atoms with van der Waals surface area (Å²) in [5.41, 5.74) is 1.87. The number of primary sulfonamides is 1. The van der Waals surface area contributed by atoms with E-state index < -0.39 is 10.0 Å². The summed E-state index contributed by atoms with van der Waals surface area (Å²) in [6.07, 6.45) is 1.65. The molecule has 0 fully saturated rings. The number of rotatable bonds is 2. The summed E-state index contributed by atoms with van der Waals surface area (Å²) in [6, 6.07) is 10.2. The molecule has 7 heteroatoms. The molecule has 0 saturated heterocycles. The minimum absolute atomic E-state index is 0.0490. The van der Waals surface area contributed by atoms with Crippen LogP contribution in [0.1, 0.15) is 18.1 Å². The van der Waals surface area contributed by atoms with Crippen LogP contribution in [0.3, 0.4) is 0 Å². The van der Waals surface area contributed by atoms with E-state index in [9.17, 15) is 12.8 Å². The monoisotopic (exact) mass is 332 g/mol. The number of nitrogens with two attached hydrogens (primary N) is 1. The van der Waals surface area contributed by atoms with Crippen molar-refractivity contribution in [3.8, 4) is 5.75 Å². The number of hydrogen-bond donors (Lipinski definition) is 1. The molecule has 1 aliphatic heterocycles. The number of aliphatic imine (C=N–C) groups is 1. The fourth-order valence-electron chi connectivity index (χ4n) is 2.22. The van der Waals surface area contributed by atoms with Gasteiger partial charge in [-0.2, -0.15) is 0 Å². The number of allylic oxidation sites excluding steroid dienone is 1. The van der Waals surface area contributed by atoms with E-state index in [1.807, 2.05) is 0 Å². The van der Waals surface area contributed by atoms with Crippen LogP contribution in [0.5, 0.6) is 5.75 Å². The zero-order chi connectivity index (χ0) is 16.6. The molecule has 118 valence electrons. The summed E-state index contributed by atoms with van der Waals surface area (Å²) in [7, 11) is -3.84. The Morgan fingerprint density at radius 2 is 1.87 bits per heavy atom. The first-order valence-corrected chi connectivity index (χ1v) is 8.29. The van der Waals surface area contributed by atoms with Crippen LogP contribution in [0.25, 0.3) is 0 Å². The highest BCUT2D eigenvalue weighted by Crippen LogP contribution is 2.31. The van der Waals surface area contributed by atoms with Gasteiger partial charge in [0.1, 0.15) is 11.6 Å². The van der Waals surface area contributed by atoms with Gasteiger partial charge in [-0.25, -0.2) is 22.9 Å². The maximum absolute atomic E-state index is 13.1. The molecule has 0 aromatic heterocycles. The minimum Gasteiger partial charge on any atom is -0.439 e. The topological polar surface area (TPSA) is 81.8 Å². The van der Waals surface area contributed by atoms with Crippen LogP contribution in [0, 0.1) is 5.82 Å². The van der Waals surface area contributed by atoms with E-state index in [2.05, 4.69) is 4.99 Å². The largest absolute Gasteiger partial charge is 0.439 e. The Bertz CT molecular complexity index is 932. The summed E-state index contributed by atoms with van der Waals surface area (Å²) < 4.78 is 41.7. The molecule has 0 atom stereocenters. The second kappa shape index (κ2) is 5.60. The van der Waals surface area contributed by atoms with E-state index in [1.165, 1.54) is 24.3 Å². The highest BCUT2D eigenvalue weighted by molar-refractivity contribution is 7.89. The maximum Gasteiger partial charge on any atom is 0.238 e. The van der Waals surface area contributed by atoms with E-state index in [1.54, 1.807) is 31.2 Å². The highest BCUT2D eigenvalue weighted by Gasteiger charge is 2.22. The molecule has 0 amide bonds. The average Bonchev–Trinajstić information content (AvgIpc) is 2.53. The van der Waals surface area contributed by atoms with E-state index in [-0.39, 0.29) is 10.7 Å². The lowest BCUT2D eigenvalue weighted by atomic mass is 10.0. The van der Waals surface area contributed by atoms with Gasteiger partial charge in [-0.15, -0.1) is 0 Å². The van der Waals surface area contributed by atoms with Gasteiger partial charge in [0, 0.05) is 17.2 Å². The van der Waals surface area contributed by atoms with Gasteiger partial charge in [-0.05, 0) is 49.4 Å². The Morgan fingerprint density at radius 1 is 1.17 bits per heavy atom. The van der Waals surface area contributed by atoms with Crippen molar-refractivity contribution in [2.75, 3.05) is 0 Å². The molecule has 3 rings (SSSR count). The Hall–Kier alpha value is -2.51. The molecular formula is C16H13FN2O3S. The minimum atomic E-state index is -3.84. The summed E-state index contributed by atoms with van der Waals surface area (Å²) in [6.45, 7) is 1.75. The number of halogens is 1. The first-order chi connectivity index (χ1) is 10.9. The molecule has 2 aromatic rings. The third kappa shape index (κ3) is 3.01. The van der Waals surface area contributed by atoms with Crippen LogP contribution < -0.4 is 9.88 Å². The van der Waals surface area contributed by atoms with E-state index in [4.69, 9.17) is 9.88 Å². The molecule has 1 aliphatic rings. The molecule has 23 heavy (non-hydrogen) atoms. The van der Waals surface area contributed by atoms with Crippen LogP contribution in [0.2, 0.25) is 0 Å². The molecule has 1 heterocycles. The normalized spacial score (nSPS) is 15.8. The summed E-state index contributed by atoms with van der Waals surface area (Å²) >= 11 is 0. The number of hydrogen-bond acceptors (Lipinski definition) is 4. The molecule has 0 unspecified atom stereocenters. The number of sulfonamides is 1. The third-order valence-electron chi connectivity index (χ3n) is 3.34. The summed E-state index contributed by atoms with van der Waals surface area (Å²) in [4.78, 5) is 4.34. The van der Waals surface area contributed by atoms with Crippen molar-refractivity contribution in [3.05, 3.63) is 71.4 Å². The summed E-state index contributed by atoms with van der Waals surface area (Å²) in [5, 5.41) is 5.15. The Labute approximate surface area is 133 Å². The van der Waals surface area contributed by atoms with Gasteiger partial charge in [-0.1, -0.05) is 0 Å². The lowest BCUT2D eigenvalue weighted by Gasteiger charge is -2.20. The predicted molar refractivity (Wildman–Crippen MR) is 84.2 cm³/mol. The lowest BCUT2D eigenvalue weighted by Crippen LogP contribution is -2.16. The SMILES string of the molecule is C/C=C1/N=C(c2ccc(F)cc2)c2ccc(S(N)(=O)=O)cc2O1. The van der Waals surface area contributed by atoms with Gasteiger partial charge in [0.2, 0.25) is 15.9 Å². The molecule has 2 aromatic carbocycles. The fourth-order valence-corrected chi connectivity index (χ4v) is 2.75.